The van der Waals surface area contributed by atoms with Crippen molar-refractivity contribution >= 4 is 7.82 Å². The number of quaternary nitrogens is 1. The van der Waals surface area contributed by atoms with Gasteiger partial charge < -0.3 is 29.7 Å². The molecule has 7 heteroatoms. The Morgan fingerprint density at radius 3 is 2.50 bits per heavy atom. The van der Waals surface area contributed by atoms with Crippen molar-refractivity contribution in [1.29, 1.82) is 0 Å². The Morgan fingerprint density at radius 1 is 1.70 bits per heavy atom. The van der Waals surface area contributed by atoms with Crippen molar-refractivity contribution in [3.05, 3.63) is 0 Å². The van der Waals surface area contributed by atoms with Crippen LogP contribution in [0.4, 0.5) is 0 Å². The fourth-order valence-electron chi connectivity index (χ4n) is 0.249. The molecule has 0 aromatic heterocycles. The lowest BCUT2D eigenvalue weighted by Gasteiger charge is -2.28. The SMILES string of the molecule is [NH3+]C(CO)COP(=O)([O-])[O-]. The topological polar surface area (TPSA) is 120 Å². The van der Waals surface area contributed by atoms with E-state index in [1.165, 1.54) is 0 Å². The Balaban J connectivity index is 3.46. The Kier molecular flexibility index (Phi) is 4.04. The highest BCUT2D eigenvalue weighted by Gasteiger charge is 2.03. The number of rotatable bonds is 4. The Morgan fingerprint density at radius 2 is 2.20 bits per heavy atom. The fraction of sp³-hybridized carbons (Fsp3) is 1.00. The van der Waals surface area contributed by atoms with Crippen molar-refractivity contribution in [2.45, 2.75) is 6.04 Å². The molecule has 4 N–H and O–H groups in total. The van der Waals surface area contributed by atoms with Gasteiger partial charge in [0.2, 0.25) is 0 Å². The van der Waals surface area contributed by atoms with E-state index in [2.05, 4.69) is 10.3 Å². The Bertz CT molecular complexity index is 133. The summed E-state index contributed by atoms with van der Waals surface area (Å²) in [6, 6.07) is -0.573. The number of aliphatic hydroxyl groups is 1. The van der Waals surface area contributed by atoms with Gasteiger partial charge in [-0.1, -0.05) is 0 Å². The van der Waals surface area contributed by atoms with E-state index in [9.17, 15) is 14.4 Å². The summed E-state index contributed by atoms with van der Waals surface area (Å²) >= 11 is 0. The molecule has 0 saturated heterocycles. The van der Waals surface area contributed by atoms with Crippen molar-refractivity contribution in [1.82, 2.24) is 0 Å². The van der Waals surface area contributed by atoms with Crippen molar-refractivity contribution in [3.63, 3.8) is 0 Å². The van der Waals surface area contributed by atoms with Crippen LogP contribution in [0.3, 0.4) is 0 Å². The molecule has 0 spiro atoms. The molecule has 62 valence electrons. The van der Waals surface area contributed by atoms with Crippen LogP contribution < -0.4 is 15.5 Å². The average molecular weight is 170 g/mol. The minimum absolute atomic E-state index is 0.306. The molecular formula is C3H9NO5P-. The standard InChI is InChI=1S/C3H10NO5P/c4-3(1-5)2-9-10(6,7)8/h3,5H,1-2,4H2,(H2,6,7,8)/p-1. The normalized spacial score (nSPS) is 15.2. The quantitative estimate of drug-likeness (QED) is 0.423. The van der Waals surface area contributed by atoms with Crippen LogP contribution in [0.2, 0.25) is 0 Å². The van der Waals surface area contributed by atoms with E-state index in [4.69, 9.17) is 5.11 Å². The first kappa shape index (κ1) is 10.0. The maximum absolute atomic E-state index is 9.79. The van der Waals surface area contributed by atoms with Gasteiger partial charge in [-0.25, -0.2) is 0 Å². The second-order valence-electron chi connectivity index (χ2n) is 1.79. The molecule has 0 aliphatic carbocycles. The lowest BCUT2D eigenvalue weighted by molar-refractivity contribution is -0.434. The van der Waals surface area contributed by atoms with Crippen LogP contribution in [0.1, 0.15) is 0 Å². The minimum Gasteiger partial charge on any atom is -0.790 e. The molecule has 1 atom stereocenters. The van der Waals surface area contributed by atoms with Gasteiger partial charge >= 0.3 is 0 Å². The van der Waals surface area contributed by atoms with Crippen LogP contribution in [0, 0.1) is 0 Å². The molecule has 0 saturated carbocycles. The number of phosphoric ester groups is 1. The number of hydrogen-bond donors (Lipinski definition) is 2. The second-order valence-corrected chi connectivity index (χ2v) is 2.94. The molecule has 1 unspecified atom stereocenters. The van der Waals surface area contributed by atoms with Crippen molar-refractivity contribution in [2.75, 3.05) is 13.2 Å². The Labute approximate surface area is 57.9 Å². The summed E-state index contributed by atoms with van der Waals surface area (Å²) in [5.41, 5.74) is 3.29. The number of phosphoric acid groups is 1. The predicted octanol–water partition coefficient (Wildman–Crippen LogP) is -3.57. The van der Waals surface area contributed by atoms with Crippen LogP contribution in [0.15, 0.2) is 0 Å². The summed E-state index contributed by atoms with van der Waals surface area (Å²) in [7, 11) is -4.88. The smallest absolute Gasteiger partial charge is 0.132 e. The predicted molar refractivity (Wildman–Crippen MR) is 27.3 cm³/mol. The maximum atomic E-state index is 9.79. The van der Waals surface area contributed by atoms with Crippen LogP contribution in [0.25, 0.3) is 0 Å². The average Bonchev–Trinajstić information content (AvgIpc) is 1.81. The molecule has 0 fully saturated rings. The molecule has 0 radical (unpaired) electrons. The lowest BCUT2D eigenvalue weighted by Crippen LogP contribution is -2.65. The van der Waals surface area contributed by atoms with E-state index >= 15 is 0 Å². The van der Waals surface area contributed by atoms with Crippen molar-refractivity contribution in [3.8, 4) is 0 Å². The minimum atomic E-state index is -4.88. The van der Waals surface area contributed by atoms with E-state index in [-0.39, 0.29) is 13.2 Å². The molecule has 0 amide bonds. The summed E-state index contributed by atoms with van der Waals surface area (Å²) in [6.45, 7) is -0.666. The van der Waals surface area contributed by atoms with Gasteiger partial charge in [0.05, 0.1) is 14.4 Å². The van der Waals surface area contributed by atoms with Gasteiger partial charge in [0.25, 0.3) is 0 Å². The van der Waals surface area contributed by atoms with Crippen LogP contribution >= 0.6 is 7.82 Å². The number of hydrogen-bond acceptors (Lipinski definition) is 5. The summed E-state index contributed by atoms with van der Waals surface area (Å²) < 4.78 is 13.6. The molecule has 0 aliphatic heterocycles. The van der Waals surface area contributed by atoms with E-state index in [1.807, 2.05) is 0 Å². The molecular weight excluding hydrogens is 161 g/mol. The fourth-order valence-corrected chi connectivity index (χ4v) is 0.643. The van der Waals surface area contributed by atoms with Gasteiger partial charge in [0.15, 0.2) is 0 Å². The van der Waals surface area contributed by atoms with E-state index < -0.39 is 13.9 Å². The third-order valence-corrected chi connectivity index (χ3v) is 1.19. The molecule has 6 nitrogen and oxygen atoms in total. The third kappa shape index (κ3) is 6.15. The molecule has 0 aromatic carbocycles. The highest BCUT2D eigenvalue weighted by atomic mass is 31.2. The second kappa shape index (κ2) is 4.02. The Hall–Kier alpha value is 0.0300. The van der Waals surface area contributed by atoms with Gasteiger partial charge in [-0.2, -0.15) is 0 Å². The van der Waals surface area contributed by atoms with Gasteiger partial charge in [0, 0.05) is 0 Å². The van der Waals surface area contributed by atoms with Crippen LogP contribution in [-0.4, -0.2) is 24.4 Å². The summed E-state index contributed by atoms with van der Waals surface area (Å²) in [6.07, 6.45) is 0. The zero-order chi connectivity index (χ0) is 8.20. The van der Waals surface area contributed by atoms with Crippen LogP contribution in [0.5, 0.6) is 0 Å². The highest BCUT2D eigenvalue weighted by molar-refractivity contribution is 7.43. The maximum Gasteiger partial charge on any atom is 0.132 e. The van der Waals surface area contributed by atoms with E-state index in [0.717, 1.165) is 0 Å². The molecule has 0 aliphatic rings. The first-order valence-electron chi connectivity index (χ1n) is 2.56. The van der Waals surface area contributed by atoms with Gasteiger partial charge in [0.1, 0.15) is 12.6 Å². The van der Waals surface area contributed by atoms with Gasteiger partial charge in [-0.05, 0) is 0 Å². The molecule has 0 aromatic rings. The van der Waals surface area contributed by atoms with E-state index in [1.54, 1.807) is 0 Å². The van der Waals surface area contributed by atoms with Crippen LogP contribution in [-0.2, 0) is 9.09 Å². The highest BCUT2D eigenvalue weighted by Crippen LogP contribution is 2.23. The van der Waals surface area contributed by atoms with Gasteiger partial charge in [-0.3, -0.25) is 0 Å². The summed E-state index contributed by atoms with van der Waals surface area (Å²) in [5.74, 6) is 0. The summed E-state index contributed by atoms with van der Waals surface area (Å²) in [4.78, 5) is 19.6. The number of aliphatic hydroxyl groups excluding tert-OH is 1. The largest absolute Gasteiger partial charge is 0.790 e. The first-order chi connectivity index (χ1) is 4.45. The van der Waals surface area contributed by atoms with Crippen molar-refractivity contribution < 1.29 is 29.7 Å². The zero-order valence-electron chi connectivity index (χ0n) is 5.23. The van der Waals surface area contributed by atoms with Crippen molar-refractivity contribution in [2.24, 2.45) is 0 Å². The molecule has 0 heterocycles. The zero-order valence-corrected chi connectivity index (χ0v) is 6.12. The van der Waals surface area contributed by atoms with Gasteiger partial charge in [-0.15, -0.1) is 0 Å². The molecule has 0 bridgehead atoms. The molecule has 0 rings (SSSR count). The monoisotopic (exact) mass is 170 g/mol. The molecule has 10 heavy (non-hydrogen) atoms. The van der Waals surface area contributed by atoms with E-state index in [0.29, 0.717) is 0 Å². The lowest BCUT2D eigenvalue weighted by atomic mass is 10.4. The third-order valence-electron chi connectivity index (χ3n) is 0.727. The summed E-state index contributed by atoms with van der Waals surface area (Å²) in [5, 5.41) is 8.30. The first-order valence-corrected chi connectivity index (χ1v) is 4.02.